The molecule has 16 heavy (non-hydrogen) atoms. The Balaban J connectivity index is 2.30. The summed E-state index contributed by atoms with van der Waals surface area (Å²) < 4.78 is 15.2. The largest absolute Gasteiger partial charge is 0.480 e. The van der Waals surface area contributed by atoms with Gasteiger partial charge in [0.1, 0.15) is 19.8 Å². The zero-order valence-corrected chi connectivity index (χ0v) is 9.17. The molecule has 0 unspecified atom stereocenters. The van der Waals surface area contributed by atoms with Crippen LogP contribution in [0.3, 0.4) is 0 Å². The SMILES string of the molecule is CC(C)OCc1nnc(COCC(=O)O)o1. The van der Waals surface area contributed by atoms with E-state index in [-0.39, 0.29) is 31.8 Å². The molecular weight excluding hydrogens is 216 g/mol. The normalized spacial score (nSPS) is 10.9. The summed E-state index contributed by atoms with van der Waals surface area (Å²) in [5, 5.41) is 15.7. The molecule has 0 aliphatic rings. The van der Waals surface area contributed by atoms with Crippen molar-refractivity contribution in [2.75, 3.05) is 6.61 Å². The van der Waals surface area contributed by atoms with Crippen LogP contribution in [0, 0.1) is 0 Å². The monoisotopic (exact) mass is 230 g/mol. The second-order valence-electron chi connectivity index (χ2n) is 3.34. The topological polar surface area (TPSA) is 94.7 Å². The maximum Gasteiger partial charge on any atom is 0.329 e. The van der Waals surface area contributed by atoms with Crippen LogP contribution >= 0.6 is 0 Å². The summed E-state index contributed by atoms with van der Waals surface area (Å²) in [6.45, 7) is 3.63. The second-order valence-corrected chi connectivity index (χ2v) is 3.34. The molecule has 0 saturated heterocycles. The summed E-state index contributed by atoms with van der Waals surface area (Å²) in [4.78, 5) is 10.2. The molecule has 1 heterocycles. The molecule has 0 radical (unpaired) electrons. The van der Waals surface area contributed by atoms with E-state index in [2.05, 4.69) is 10.2 Å². The summed E-state index contributed by atoms with van der Waals surface area (Å²) >= 11 is 0. The fraction of sp³-hybridized carbons (Fsp3) is 0.667. The molecule has 1 rings (SSSR count). The van der Waals surface area contributed by atoms with Crippen molar-refractivity contribution in [3.05, 3.63) is 11.8 Å². The van der Waals surface area contributed by atoms with Crippen LogP contribution in [0.25, 0.3) is 0 Å². The van der Waals surface area contributed by atoms with Crippen molar-refractivity contribution in [1.82, 2.24) is 10.2 Å². The lowest BCUT2D eigenvalue weighted by atomic mass is 10.5. The molecule has 0 atom stereocenters. The Labute approximate surface area is 92.4 Å². The van der Waals surface area contributed by atoms with Gasteiger partial charge >= 0.3 is 5.97 Å². The molecule has 0 aliphatic heterocycles. The van der Waals surface area contributed by atoms with Crippen LogP contribution in [-0.2, 0) is 27.5 Å². The smallest absolute Gasteiger partial charge is 0.329 e. The minimum absolute atomic E-state index is 0.0129. The number of hydrogen-bond acceptors (Lipinski definition) is 6. The standard InChI is InChI=1S/C9H14N2O5/c1-6(2)15-4-8-11-10-7(16-8)3-14-5-9(12)13/h6H,3-5H2,1-2H3,(H,12,13). The average Bonchev–Trinajstić information content (AvgIpc) is 2.62. The van der Waals surface area contributed by atoms with E-state index >= 15 is 0 Å². The highest BCUT2D eigenvalue weighted by Crippen LogP contribution is 2.04. The van der Waals surface area contributed by atoms with Gasteiger partial charge in [0.15, 0.2) is 0 Å². The molecule has 0 amide bonds. The van der Waals surface area contributed by atoms with Gasteiger partial charge in [0.25, 0.3) is 0 Å². The van der Waals surface area contributed by atoms with Gasteiger partial charge in [-0.15, -0.1) is 10.2 Å². The van der Waals surface area contributed by atoms with Crippen LogP contribution in [0.15, 0.2) is 4.42 Å². The van der Waals surface area contributed by atoms with Gasteiger partial charge < -0.3 is 19.0 Å². The first kappa shape index (κ1) is 12.6. The predicted molar refractivity (Wildman–Crippen MR) is 51.5 cm³/mol. The first-order chi connectivity index (χ1) is 7.58. The molecule has 0 spiro atoms. The van der Waals surface area contributed by atoms with E-state index in [0.29, 0.717) is 5.89 Å². The summed E-state index contributed by atoms with van der Waals surface area (Å²) in [5.74, 6) is -0.450. The van der Waals surface area contributed by atoms with E-state index < -0.39 is 5.97 Å². The van der Waals surface area contributed by atoms with E-state index in [0.717, 1.165) is 0 Å². The summed E-state index contributed by atoms with van der Waals surface area (Å²) in [5.41, 5.74) is 0. The molecule has 0 saturated carbocycles. The lowest BCUT2D eigenvalue weighted by Crippen LogP contribution is -2.06. The van der Waals surface area contributed by atoms with E-state index in [1.165, 1.54) is 0 Å². The van der Waals surface area contributed by atoms with Gasteiger partial charge in [0.2, 0.25) is 11.8 Å². The number of aromatic nitrogens is 2. The lowest BCUT2D eigenvalue weighted by Gasteiger charge is -2.02. The predicted octanol–water partition coefficient (Wildman–Crippen LogP) is 0.596. The Bertz CT molecular complexity index is 336. The van der Waals surface area contributed by atoms with Crippen LogP contribution in [0.5, 0.6) is 0 Å². The Hall–Kier alpha value is -1.47. The first-order valence-corrected chi connectivity index (χ1v) is 4.80. The van der Waals surface area contributed by atoms with Gasteiger partial charge in [-0.3, -0.25) is 0 Å². The first-order valence-electron chi connectivity index (χ1n) is 4.80. The van der Waals surface area contributed by atoms with Gasteiger partial charge in [-0.25, -0.2) is 4.79 Å². The number of carboxylic acids is 1. The van der Waals surface area contributed by atoms with Crippen molar-refractivity contribution in [2.45, 2.75) is 33.2 Å². The van der Waals surface area contributed by atoms with Gasteiger partial charge in [0, 0.05) is 0 Å². The average molecular weight is 230 g/mol. The summed E-state index contributed by atoms with van der Waals surface area (Å²) in [7, 11) is 0. The van der Waals surface area contributed by atoms with Gasteiger partial charge in [-0.2, -0.15) is 0 Å². The highest BCUT2D eigenvalue weighted by Gasteiger charge is 2.07. The Morgan fingerprint density at radius 3 is 2.56 bits per heavy atom. The highest BCUT2D eigenvalue weighted by molar-refractivity contribution is 5.67. The van der Waals surface area contributed by atoms with Crippen molar-refractivity contribution in [1.29, 1.82) is 0 Å². The van der Waals surface area contributed by atoms with Gasteiger partial charge in [-0.1, -0.05) is 0 Å². The molecule has 0 fully saturated rings. The number of carboxylic acid groups (broad SMARTS) is 1. The fourth-order valence-corrected chi connectivity index (χ4v) is 0.869. The minimum atomic E-state index is -1.04. The molecule has 0 bridgehead atoms. The molecular formula is C9H14N2O5. The van der Waals surface area contributed by atoms with Gasteiger partial charge in [0.05, 0.1) is 6.10 Å². The van der Waals surface area contributed by atoms with E-state index in [1.54, 1.807) is 0 Å². The summed E-state index contributed by atoms with van der Waals surface area (Å²) in [6.07, 6.45) is 0.0820. The number of nitrogens with zero attached hydrogens (tertiary/aromatic N) is 2. The van der Waals surface area contributed by atoms with Crippen LogP contribution in [-0.4, -0.2) is 34.0 Å². The third kappa shape index (κ3) is 4.85. The Kier molecular flexibility index (Phi) is 4.87. The number of aliphatic carboxylic acids is 1. The van der Waals surface area contributed by atoms with Crippen molar-refractivity contribution >= 4 is 5.97 Å². The summed E-state index contributed by atoms with van der Waals surface area (Å²) in [6, 6.07) is 0. The Morgan fingerprint density at radius 2 is 2.00 bits per heavy atom. The minimum Gasteiger partial charge on any atom is -0.480 e. The van der Waals surface area contributed by atoms with Crippen LogP contribution < -0.4 is 0 Å². The molecule has 90 valence electrons. The third-order valence-electron chi connectivity index (χ3n) is 1.50. The molecule has 7 nitrogen and oxygen atoms in total. The highest BCUT2D eigenvalue weighted by atomic mass is 16.5. The van der Waals surface area contributed by atoms with Crippen molar-refractivity contribution in [3.63, 3.8) is 0 Å². The zero-order chi connectivity index (χ0) is 12.0. The molecule has 1 aromatic rings. The zero-order valence-electron chi connectivity index (χ0n) is 9.17. The molecule has 1 N–H and O–H groups in total. The second kappa shape index (κ2) is 6.19. The lowest BCUT2D eigenvalue weighted by molar-refractivity contribution is -0.142. The molecule has 7 heteroatoms. The number of hydrogen-bond donors (Lipinski definition) is 1. The maximum absolute atomic E-state index is 10.2. The van der Waals surface area contributed by atoms with E-state index in [4.69, 9.17) is 19.0 Å². The number of ether oxygens (including phenoxy) is 2. The number of rotatable bonds is 7. The Morgan fingerprint density at radius 1 is 1.38 bits per heavy atom. The quantitative estimate of drug-likeness (QED) is 0.732. The van der Waals surface area contributed by atoms with Crippen LogP contribution in [0.1, 0.15) is 25.6 Å². The van der Waals surface area contributed by atoms with Gasteiger partial charge in [-0.05, 0) is 13.8 Å². The van der Waals surface area contributed by atoms with Crippen molar-refractivity contribution in [2.24, 2.45) is 0 Å². The van der Waals surface area contributed by atoms with E-state index in [9.17, 15) is 4.79 Å². The van der Waals surface area contributed by atoms with E-state index in [1.807, 2.05) is 13.8 Å². The van der Waals surface area contributed by atoms with Crippen molar-refractivity contribution in [3.8, 4) is 0 Å². The maximum atomic E-state index is 10.2. The fourth-order valence-electron chi connectivity index (χ4n) is 0.869. The molecule has 1 aromatic heterocycles. The van der Waals surface area contributed by atoms with Crippen LogP contribution in [0.2, 0.25) is 0 Å². The third-order valence-corrected chi connectivity index (χ3v) is 1.50. The molecule has 0 aliphatic carbocycles. The van der Waals surface area contributed by atoms with Crippen LogP contribution in [0.4, 0.5) is 0 Å². The molecule has 0 aromatic carbocycles. The van der Waals surface area contributed by atoms with Crippen molar-refractivity contribution < 1.29 is 23.8 Å². The number of carbonyl (C=O) groups is 1.